The van der Waals surface area contributed by atoms with Crippen molar-refractivity contribution in [3.8, 4) is 0 Å². The van der Waals surface area contributed by atoms with E-state index < -0.39 is 4.92 Å². The number of hydrogen-bond donors (Lipinski definition) is 0. The van der Waals surface area contributed by atoms with Gasteiger partial charge in [-0.15, -0.1) is 0 Å². The predicted octanol–water partition coefficient (Wildman–Crippen LogP) is 2.98. The van der Waals surface area contributed by atoms with Crippen LogP contribution in [0.2, 0.25) is 10.3 Å². The van der Waals surface area contributed by atoms with Gasteiger partial charge in [0.05, 0.1) is 11.1 Å². The normalized spacial score (nSPS) is 10.6. The molecule has 4 heterocycles. The van der Waals surface area contributed by atoms with Crippen molar-refractivity contribution in [2.24, 2.45) is 0 Å². The monoisotopic (exact) mass is 365 g/mol. The summed E-state index contributed by atoms with van der Waals surface area (Å²) in [5.41, 5.74) is 1.85. The molecule has 122 valence electrons. The average Bonchev–Trinajstić information content (AvgIpc) is 3.12. The first kappa shape index (κ1) is 16.1. The Morgan fingerprint density at radius 2 is 1.54 bits per heavy atom. The van der Waals surface area contributed by atoms with E-state index in [0.29, 0.717) is 5.15 Å². The molecule has 0 aliphatic heterocycles. The Bertz CT molecular complexity index is 1040. The van der Waals surface area contributed by atoms with E-state index >= 15 is 0 Å². The van der Waals surface area contributed by atoms with Crippen LogP contribution in [0.3, 0.4) is 0 Å². The molecule has 0 saturated carbocycles. The van der Waals surface area contributed by atoms with Gasteiger partial charge in [-0.3, -0.25) is 10.1 Å². The molecule has 24 heavy (non-hydrogen) atoms. The third-order valence-corrected chi connectivity index (χ3v) is 3.45. The molecule has 4 rings (SSSR count). The summed E-state index contributed by atoms with van der Waals surface area (Å²) in [6, 6.07) is 3.21. The molecular formula is C13H9Cl2N7O2. The molecule has 4 aromatic rings. The molecule has 0 aromatic carbocycles. The van der Waals surface area contributed by atoms with Gasteiger partial charge in [0, 0.05) is 18.0 Å². The maximum atomic E-state index is 10.5. The molecule has 0 radical (unpaired) electrons. The van der Waals surface area contributed by atoms with Crippen LogP contribution >= 0.6 is 23.2 Å². The Hall–Kier alpha value is -2.78. The third-order valence-electron chi connectivity index (χ3n) is 3.02. The number of aryl methyl sites for hydroxylation is 1. The van der Waals surface area contributed by atoms with Gasteiger partial charge in [-0.05, 0) is 19.1 Å². The van der Waals surface area contributed by atoms with Gasteiger partial charge in [0.2, 0.25) is 5.65 Å². The van der Waals surface area contributed by atoms with Crippen LogP contribution in [-0.4, -0.2) is 34.1 Å². The van der Waals surface area contributed by atoms with Crippen LogP contribution in [0.25, 0.3) is 11.3 Å². The zero-order chi connectivity index (χ0) is 17.3. The van der Waals surface area contributed by atoms with E-state index in [1.165, 1.54) is 16.8 Å². The molecular weight excluding hydrogens is 357 g/mol. The summed E-state index contributed by atoms with van der Waals surface area (Å²) < 4.78 is 2.99. The standard InChI is InChI=1S/C7H6ClN3.C6H3ClN4O2/c1-5-4-9-11-3-2-6(8)10-7(5)11;7-5-1-2-10-6(9-5)4(3-8-10)11(12)13/h2-4H,1H3;1-3H. The van der Waals surface area contributed by atoms with Gasteiger partial charge >= 0.3 is 5.69 Å². The lowest BCUT2D eigenvalue weighted by molar-refractivity contribution is -0.383. The van der Waals surface area contributed by atoms with Gasteiger partial charge < -0.3 is 0 Å². The van der Waals surface area contributed by atoms with E-state index in [1.807, 2.05) is 6.92 Å². The SMILES string of the molecule is Cc1cnn2ccc(Cl)nc12.O=[N+]([O-])c1cnn2ccc(Cl)nc12. The van der Waals surface area contributed by atoms with Crippen molar-refractivity contribution in [3.63, 3.8) is 0 Å². The highest BCUT2D eigenvalue weighted by atomic mass is 35.5. The first-order valence-corrected chi connectivity index (χ1v) is 7.32. The van der Waals surface area contributed by atoms with Crippen LogP contribution < -0.4 is 0 Å². The second kappa shape index (κ2) is 6.38. The van der Waals surface area contributed by atoms with E-state index in [2.05, 4.69) is 20.2 Å². The van der Waals surface area contributed by atoms with Crippen molar-refractivity contribution in [3.05, 3.63) is 62.9 Å². The number of hydrogen-bond acceptors (Lipinski definition) is 6. The Morgan fingerprint density at radius 1 is 1.00 bits per heavy atom. The number of nitrogens with zero attached hydrogens (tertiary/aromatic N) is 7. The molecule has 0 fully saturated rings. The molecule has 0 amide bonds. The van der Waals surface area contributed by atoms with Crippen molar-refractivity contribution in [2.45, 2.75) is 6.92 Å². The van der Waals surface area contributed by atoms with Crippen molar-refractivity contribution >= 4 is 40.2 Å². The Kier molecular flexibility index (Phi) is 4.28. The Labute approximate surface area is 144 Å². The van der Waals surface area contributed by atoms with Crippen LogP contribution in [0.4, 0.5) is 5.69 Å². The molecule has 0 spiro atoms. The van der Waals surface area contributed by atoms with E-state index in [1.54, 1.807) is 23.0 Å². The minimum Gasteiger partial charge on any atom is -0.258 e. The molecule has 0 saturated heterocycles. The quantitative estimate of drug-likeness (QED) is 0.291. The number of halogens is 2. The van der Waals surface area contributed by atoms with E-state index in [-0.39, 0.29) is 16.5 Å². The summed E-state index contributed by atoms with van der Waals surface area (Å²) in [6.07, 6.45) is 6.20. The highest BCUT2D eigenvalue weighted by Gasteiger charge is 2.15. The molecule has 0 unspecified atom stereocenters. The summed E-state index contributed by atoms with van der Waals surface area (Å²) >= 11 is 11.3. The van der Waals surface area contributed by atoms with E-state index in [9.17, 15) is 10.1 Å². The summed E-state index contributed by atoms with van der Waals surface area (Å²) in [6.45, 7) is 1.95. The highest BCUT2D eigenvalue weighted by Crippen LogP contribution is 2.18. The van der Waals surface area contributed by atoms with Crippen LogP contribution in [0.15, 0.2) is 36.9 Å². The molecule has 0 aliphatic carbocycles. The predicted molar refractivity (Wildman–Crippen MR) is 87.4 cm³/mol. The fraction of sp³-hybridized carbons (Fsp3) is 0.0769. The minimum absolute atomic E-state index is 0.150. The maximum absolute atomic E-state index is 10.5. The van der Waals surface area contributed by atoms with Crippen molar-refractivity contribution < 1.29 is 4.92 Å². The fourth-order valence-electron chi connectivity index (χ4n) is 1.92. The smallest absolute Gasteiger partial charge is 0.258 e. The van der Waals surface area contributed by atoms with Gasteiger partial charge in [0.25, 0.3) is 0 Å². The lowest BCUT2D eigenvalue weighted by atomic mass is 10.4. The molecule has 0 atom stereocenters. The molecule has 4 aromatic heterocycles. The highest BCUT2D eigenvalue weighted by molar-refractivity contribution is 6.29. The fourth-order valence-corrected chi connectivity index (χ4v) is 2.20. The summed E-state index contributed by atoms with van der Waals surface area (Å²) in [5, 5.41) is 19.0. The van der Waals surface area contributed by atoms with Crippen molar-refractivity contribution in [1.29, 1.82) is 0 Å². The molecule has 0 bridgehead atoms. The van der Waals surface area contributed by atoms with E-state index in [0.717, 1.165) is 17.4 Å². The van der Waals surface area contributed by atoms with E-state index in [4.69, 9.17) is 23.2 Å². The molecule has 0 aliphatic rings. The van der Waals surface area contributed by atoms with Crippen molar-refractivity contribution in [2.75, 3.05) is 0 Å². The van der Waals surface area contributed by atoms with Crippen molar-refractivity contribution in [1.82, 2.24) is 29.2 Å². The second-order valence-corrected chi connectivity index (χ2v) is 5.43. The Morgan fingerprint density at radius 3 is 2.17 bits per heavy atom. The number of aromatic nitrogens is 6. The summed E-state index contributed by atoms with van der Waals surface area (Å²) in [7, 11) is 0. The Balaban J connectivity index is 0.000000143. The lowest BCUT2D eigenvalue weighted by Crippen LogP contribution is -1.91. The van der Waals surface area contributed by atoms with Crippen LogP contribution in [0.5, 0.6) is 0 Å². The zero-order valence-corrected chi connectivity index (χ0v) is 13.7. The van der Waals surface area contributed by atoms with Gasteiger partial charge in [-0.25, -0.2) is 19.0 Å². The average molecular weight is 366 g/mol. The summed E-state index contributed by atoms with van der Waals surface area (Å²) in [4.78, 5) is 17.8. The number of rotatable bonds is 1. The topological polar surface area (TPSA) is 104 Å². The van der Waals surface area contributed by atoms with Gasteiger partial charge in [0.1, 0.15) is 16.5 Å². The van der Waals surface area contributed by atoms with Crippen LogP contribution in [0.1, 0.15) is 5.56 Å². The molecule has 0 N–H and O–H groups in total. The second-order valence-electron chi connectivity index (χ2n) is 4.65. The van der Waals surface area contributed by atoms with Crippen LogP contribution in [-0.2, 0) is 0 Å². The first-order valence-electron chi connectivity index (χ1n) is 6.56. The summed E-state index contributed by atoms with van der Waals surface area (Å²) in [5.74, 6) is 0. The molecule has 11 heteroatoms. The first-order chi connectivity index (χ1) is 11.5. The third kappa shape index (κ3) is 3.12. The number of nitro groups is 1. The zero-order valence-electron chi connectivity index (χ0n) is 12.2. The lowest BCUT2D eigenvalue weighted by Gasteiger charge is -1.92. The van der Waals surface area contributed by atoms with Gasteiger partial charge in [-0.1, -0.05) is 23.2 Å². The van der Waals surface area contributed by atoms with Gasteiger partial charge in [-0.2, -0.15) is 10.2 Å². The largest absolute Gasteiger partial charge is 0.333 e. The maximum Gasteiger partial charge on any atom is 0.333 e. The van der Waals surface area contributed by atoms with Crippen LogP contribution in [0, 0.1) is 17.0 Å². The molecule has 9 nitrogen and oxygen atoms in total. The minimum atomic E-state index is -0.550. The van der Waals surface area contributed by atoms with Gasteiger partial charge in [0.15, 0.2) is 5.65 Å². The number of fused-ring (bicyclic) bond motifs is 2.